The van der Waals surface area contributed by atoms with Gasteiger partial charge in [-0.25, -0.2) is 0 Å². The van der Waals surface area contributed by atoms with Crippen molar-refractivity contribution in [2.45, 2.75) is 0 Å². The number of benzene rings is 4. The van der Waals surface area contributed by atoms with E-state index in [1.807, 2.05) is 67.5 Å². The van der Waals surface area contributed by atoms with Gasteiger partial charge in [0, 0.05) is 52.7 Å². The van der Waals surface area contributed by atoms with Crippen LogP contribution in [-0.2, 0) is 0 Å². The number of carbonyl (C=O) groups is 4. The molecule has 0 spiro atoms. The number of amides is 4. The molecule has 4 amide bonds. The van der Waals surface area contributed by atoms with E-state index >= 15 is 0 Å². The van der Waals surface area contributed by atoms with E-state index in [9.17, 15) is 19.2 Å². The monoisotopic (exact) mass is 503 g/mol. The summed E-state index contributed by atoms with van der Waals surface area (Å²) in [4.78, 5) is 57.3. The Morgan fingerprint density at radius 2 is 1.21 bits per heavy atom. The molecule has 0 aliphatic carbocycles. The van der Waals surface area contributed by atoms with Crippen LogP contribution in [0.25, 0.3) is 27.6 Å². The molecule has 4 aromatic carbocycles. The van der Waals surface area contributed by atoms with Crippen molar-refractivity contribution >= 4 is 51.2 Å². The third kappa shape index (κ3) is 3.63. The summed E-state index contributed by atoms with van der Waals surface area (Å²) in [6.45, 7) is 0.995. The van der Waals surface area contributed by atoms with E-state index in [1.54, 1.807) is 30.3 Å². The van der Waals surface area contributed by atoms with Gasteiger partial charge in [0.25, 0.3) is 23.6 Å². The highest BCUT2D eigenvalue weighted by molar-refractivity contribution is 6.27. The first-order valence-electron chi connectivity index (χ1n) is 12.5. The second-order valence-corrected chi connectivity index (χ2v) is 9.83. The molecule has 0 N–H and O–H groups in total. The fraction of sp³-hybridized carbons (Fsp3) is 0.161. The van der Waals surface area contributed by atoms with Gasteiger partial charge in [0.2, 0.25) is 0 Å². The maximum Gasteiger partial charge on any atom is 0.261 e. The fourth-order valence-corrected chi connectivity index (χ4v) is 5.35. The largest absolute Gasteiger partial charge is 0.308 e. The predicted molar refractivity (Wildman–Crippen MR) is 146 cm³/mol. The van der Waals surface area contributed by atoms with Gasteiger partial charge in [-0.2, -0.15) is 0 Å². The van der Waals surface area contributed by atoms with Gasteiger partial charge >= 0.3 is 0 Å². The quantitative estimate of drug-likeness (QED) is 0.363. The summed E-state index contributed by atoms with van der Waals surface area (Å²) in [5.74, 6) is -1.24. The summed E-state index contributed by atoms with van der Waals surface area (Å²) in [5, 5.41) is 2.97. The van der Waals surface area contributed by atoms with Crippen LogP contribution in [0.3, 0.4) is 0 Å². The maximum absolute atomic E-state index is 13.2. The van der Waals surface area contributed by atoms with Crippen molar-refractivity contribution in [2.24, 2.45) is 0 Å². The zero-order valence-electron chi connectivity index (χ0n) is 21.1. The van der Waals surface area contributed by atoms with Crippen molar-refractivity contribution < 1.29 is 19.2 Å². The van der Waals surface area contributed by atoms with E-state index in [2.05, 4.69) is 0 Å². The highest BCUT2D eigenvalue weighted by Gasteiger charge is 2.33. The number of likely N-dealkylation sites (N-methyl/N-ethyl adjacent to an activating group) is 1. The molecule has 2 aliphatic rings. The van der Waals surface area contributed by atoms with Gasteiger partial charge in [0.15, 0.2) is 0 Å². The van der Waals surface area contributed by atoms with Gasteiger partial charge < -0.3 is 4.90 Å². The molecule has 4 aromatic rings. The van der Waals surface area contributed by atoms with Gasteiger partial charge in [-0.05, 0) is 54.7 Å². The second-order valence-electron chi connectivity index (χ2n) is 9.83. The summed E-state index contributed by atoms with van der Waals surface area (Å²) in [5.41, 5.74) is 2.83. The Kier molecular flexibility index (Phi) is 5.65. The Balaban J connectivity index is 1.31. The predicted octanol–water partition coefficient (Wildman–Crippen LogP) is 4.46. The van der Waals surface area contributed by atoms with Gasteiger partial charge in [-0.1, -0.05) is 54.6 Å². The van der Waals surface area contributed by atoms with Crippen molar-refractivity contribution in [3.8, 4) is 0 Å². The van der Waals surface area contributed by atoms with Crippen molar-refractivity contribution in [3.63, 3.8) is 0 Å². The van der Waals surface area contributed by atoms with Crippen LogP contribution in [0, 0.1) is 0 Å². The molecule has 2 aliphatic heterocycles. The third-order valence-corrected chi connectivity index (χ3v) is 7.24. The number of hydrogen-bond donors (Lipinski definition) is 0. The van der Waals surface area contributed by atoms with Gasteiger partial charge in [-0.3, -0.25) is 29.0 Å². The molecule has 188 valence electrons. The summed E-state index contributed by atoms with van der Waals surface area (Å²) in [6, 6.07) is 20.0. The summed E-state index contributed by atoms with van der Waals surface area (Å²) in [6.07, 6.45) is 3.60. The molecule has 0 saturated carbocycles. The topological polar surface area (TPSA) is 78.0 Å². The van der Waals surface area contributed by atoms with Gasteiger partial charge in [0.1, 0.15) is 0 Å². The molecule has 0 unspecified atom stereocenters. The molecule has 0 fully saturated rings. The smallest absolute Gasteiger partial charge is 0.261 e. The standard InChI is InChI=1S/C31H25N3O4/c1-32(2)17-18-34-30(37)24-13-5-10-21-19(14-15-25(27(21)24)31(34)38)9-6-16-33-28(35)22-11-3-7-20-8-4-12-23(26(20)22)29(33)36/h3-15H,16-18H2,1-2H3/b9-6+. The average Bonchev–Trinajstić information content (AvgIpc) is 2.92. The Morgan fingerprint density at radius 1 is 0.658 bits per heavy atom. The SMILES string of the molecule is CN(C)CCN1C(=O)c2cccc3c(/C=C/CN4C(=O)c5cccc6cccc(c56)C4=O)ccc(c23)C1=O. The first-order chi connectivity index (χ1) is 18.4. The summed E-state index contributed by atoms with van der Waals surface area (Å²) < 4.78 is 0. The van der Waals surface area contributed by atoms with Crippen LogP contribution < -0.4 is 0 Å². The van der Waals surface area contributed by atoms with Crippen LogP contribution in [0.5, 0.6) is 0 Å². The number of carbonyl (C=O) groups excluding carboxylic acids is 4. The van der Waals surface area contributed by atoms with Crippen LogP contribution >= 0.6 is 0 Å². The molecule has 2 heterocycles. The Morgan fingerprint density at radius 3 is 1.84 bits per heavy atom. The maximum atomic E-state index is 13.2. The lowest BCUT2D eigenvalue weighted by Crippen LogP contribution is -2.43. The van der Waals surface area contributed by atoms with E-state index < -0.39 is 0 Å². The molecular formula is C31H25N3O4. The molecule has 7 nitrogen and oxygen atoms in total. The zero-order valence-corrected chi connectivity index (χ0v) is 21.1. The van der Waals surface area contributed by atoms with Crippen molar-refractivity contribution in [3.05, 3.63) is 101 Å². The minimum atomic E-state index is -0.324. The van der Waals surface area contributed by atoms with Crippen LogP contribution in [0.4, 0.5) is 0 Å². The minimum absolute atomic E-state index is 0.0987. The molecule has 0 aromatic heterocycles. The fourth-order valence-electron chi connectivity index (χ4n) is 5.35. The third-order valence-electron chi connectivity index (χ3n) is 7.24. The molecule has 0 radical (unpaired) electrons. The van der Waals surface area contributed by atoms with Crippen molar-refractivity contribution in [1.29, 1.82) is 0 Å². The number of hydrogen-bond acceptors (Lipinski definition) is 5. The van der Waals surface area contributed by atoms with Crippen LogP contribution in [-0.4, -0.2) is 72.1 Å². The molecule has 0 bridgehead atoms. The molecule has 6 rings (SSSR count). The van der Waals surface area contributed by atoms with E-state index in [0.29, 0.717) is 46.1 Å². The average molecular weight is 504 g/mol. The number of rotatable bonds is 6. The van der Waals surface area contributed by atoms with E-state index in [0.717, 1.165) is 16.3 Å². The number of imide groups is 2. The molecular weight excluding hydrogens is 478 g/mol. The van der Waals surface area contributed by atoms with Gasteiger partial charge in [0.05, 0.1) is 0 Å². The van der Waals surface area contributed by atoms with E-state index in [-0.39, 0.29) is 30.2 Å². The Bertz CT molecular complexity index is 1650. The zero-order chi connectivity index (χ0) is 26.6. The van der Waals surface area contributed by atoms with Crippen LogP contribution in [0.2, 0.25) is 0 Å². The Hall–Kier alpha value is -4.62. The molecule has 7 heteroatoms. The Labute approximate surface area is 219 Å². The lowest BCUT2D eigenvalue weighted by molar-refractivity contribution is 0.0594. The second kappa shape index (κ2) is 9.04. The van der Waals surface area contributed by atoms with Gasteiger partial charge in [-0.15, -0.1) is 0 Å². The lowest BCUT2D eigenvalue weighted by Gasteiger charge is -2.28. The molecule has 0 atom stereocenters. The summed E-state index contributed by atoms with van der Waals surface area (Å²) in [7, 11) is 3.80. The molecule has 0 saturated heterocycles. The van der Waals surface area contributed by atoms with E-state index in [4.69, 9.17) is 0 Å². The minimum Gasteiger partial charge on any atom is -0.308 e. The first-order valence-corrected chi connectivity index (χ1v) is 12.5. The highest BCUT2D eigenvalue weighted by atomic mass is 16.2. The normalized spacial score (nSPS) is 15.1. The lowest BCUT2D eigenvalue weighted by atomic mass is 9.91. The van der Waals surface area contributed by atoms with Crippen LogP contribution in [0.1, 0.15) is 47.0 Å². The molecule has 38 heavy (non-hydrogen) atoms. The summed E-state index contributed by atoms with van der Waals surface area (Å²) >= 11 is 0. The number of nitrogens with zero attached hydrogens (tertiary/aromatic N) is 3. The van der Waals surface area contributed by atoms with Crippen molar-refractivity contribution in [2.75, 3.05) is 33.7 Å². The van der Waals surface area contributed by atoms with E-state index in [1.165, 1.54) is 9.80 Å². The highest BCUT2D eigenvalue weighted by Crippen LogP contribution is 2.33. The van der Waals surface area contributed by atoms with Crippen LogP contribution in [0.15, 0.2) is 72.8 Å². The van der Waals surface area contributed by atoms with Crippen molar-refractivity contribution in [1.82, 2.24) is 14.7 Å². The first kappa shape index (κ1) is 23.8.